The van der Waals surface area contributed by atoms with Gasteiger partial charge in [-0.3, -0.25) is 9.69 Å². The molecular formula is C18H26Cl2N4O. The van der Waals surface area contributed by atoms with Gasteiger partial charge in [-0.05, 0) is 38.4 Å². The maximum Gasteiger partial charge on any atom is 0.240 e. The summed E-state index contributed by atoms with van der Waals surface area (Å²) in [6.45, 7) is 7.18. The molecule has 25 heavy (non-hydrogen) atoms. The van der Waals surface area contributed by atoms with Crippen molar-refractivity contribution in [3.05, 3.63) is 22.3 Å². The zero-order valence-electron chi connectivity index (χ0n) is 14.8. The van der Waals surface area contributed by atoms with Crippen LogP contribution in [0.25, 0.3) is 0 Å². The van der Waals surface area contributed by atoms with Gasteiger partial charge < -0.3 is 9.80 Å². The van der Waals surface area contributed by atoms with Crippen LogP contribution in [-0.4, -0.2) is 66.0 Å². The molecule has 2 aliphatic rings. The molecule has 0 radical (unpaired) electrons. The first-order valence-corrected chi connectivity index (χ1v) is 9.94. The molecule has 1 aromatic heterocycles. The van der Waals surface area contributed by atoms with Crippen LogP contribution in [0.3, 0.4) is 0 Å². The van der Waals surface area contributed by atoms with E-state index in [2.05, 4.69) is 21.7 Å². The summed E-state index contributed by atoms with van der Waals surface area (Å²) in [5.41, 5.74) is 0. The molecular weight excluding hydrogens is 359 g/mol. The van der Waals surface area contributed by atoms with E-state index in [4.69, 9.17) is 23.2 Å². The highest BCUT2D eigenvalue weighted by molar-refractivity contribution is 6.36. The Morgan fingerprint density at radius 3 is 2.64 bits per heavy atom. The summed E-state index contributed by atoms with van der Waals surface area (Å²) in [4.78, 5) is 23.9. The predicted molar refractivity (Wildman–Crippen MR) is 103 cm³/mol. The summed E-state index contributed by atoms with van der Waals surface area (Å²) >= 11 is 12.2. The minimum atomic E-state index is 0.0671. The zero-order valence-corrected chi connectivity index (χ0v) is 16.3. The van der Waals surface area contributed by atoms with Gasteiger partial charge in [0.2, 0.25) is 5.91 Å². The number of piperidine rings is 1. The largest absolute Gasteiger partial charge is 0.352 e. The fraction of sp³-hybridized carbons (Fsp3) is 0.667. The van der Waals surface area contributed by atoms with E-state index in [0.717, 1.165) is 64.3 Å². The lowest BCUT2D eigenvalue weighted by Crippen LogP contribution is -2.56. The number of carbonyl (C=O) groups excluding carboxylic acids is 1. The van der Waals surface area contributed by atoms with E-state index in [-0.39, 0.29) is 6.04 Å². The summed E-state index contributed by atoms with van der Waals surface area (Å²) in [6.07, 6.45) is 6.06. The highest BCUT2D eigenvalue weighted by Gasteiger charge is 2.33. The average Bonchev–Trinajstić information content (AvgIpc) is 2.62. The van der Waals surface area contributed by atoms with E-state index in [9.17, 15) is 4.79 Å². The van der Waals surface area contributed by atoms with E-state index in [1.165, 1.54) is 6.42 Å². The molecule has 2 aliphatic heterocycles. The summed E-state index contributed by atoms with van der Waals surface area (Å²) in [7, 11) is 0. The van der Waals surface area contributed by atoms with Crippen LogP contribution >= 0.6 is 23.2 Å². The van der Waals surface area contributed by atoms with Crippen LogP contribution < -0.4 is 4.90 Å². The van der Waals surface area contributed by atoms with Gasteiger partial charge in [0.05, 0.1) is 16.1 Å². The van der Waals surface area contributed by atoms with Crippen molar-refractivity contribution >= 4 is 34.9 Å². The second kappa shape index (κ2) is 8.56. The van der Waals surface area contributed by atoms with Crippen molar-refractivity contribution in [2.24, 2.45) is 0 Å². The van der Waals surface area contributed by atoms with E-state index >= 15 is 0 Å². The molecule has 0 bridgehead atoms. The minimum Gasteiger partial charge on any atom is -0.352 e. The first-order chi connectivity index (χ1) is 12.1. The van der Waals surface area contributed by atoms with Crippen molar-refractivity contribution in [3.63, 3.8) is 0 Å². The molecule has 3 rings (SSSR count). The quantitative estimate of drug-likeness (QED) is 0.798. The van der Waals surface area contributed by atoms with Gasteiger partial charge in [-0.25, -0.2) is 4.98 Å². The summed E-state index contributed by atoms with van der Waals surface area (Å²) < 4.78 is 0. The number of nitrogens with zero attached hydrogens (tertiary/aromatic N) is 4. The number of likely N-dealkylation sites (tertiary alicyclic amines) is 1. The van der Waals surface area contributed by atoms with Crippen LogP contribution in [0.4, 0.5) is 5.82 Å². The molecule has 0 spiro atoms. The smallest absolute Gasteiger partial charge is 0.240 e. The number of carbonyl (C=O) groups is 1. The second-order valence-corrected chi connectivity index (χ2v) is 7.66. The molecule has 2 saturated heterocycles. The topological polar surface area (TPSA) is 39.7 Å². The van der Waals surface area contributed by atoms with Gasteiger partial charge >= 0.3 is 0 Å². The van der Waals surface area contributed by atoms with Gasteiger partial charge in [0, 0.05) is 32.4 Å². The maximum atomic E-state index is 13.0. The number of pyridine rings is 1. The SMILES string of the molecule is CCCN1CCCCC1C(=O)N1CCN(c2ncc(Cl)cc2Cl)CC1. The van der Waals surface area contributed by atoms with Crippen LogP contribution in [0.2, 0.25) is 10.0 Å². The Hall–Kier alpha value is -1.04. The van der Waals surface area contributed by atoms with Gasteiger partial charge in [0.25, 0.3) is 0 Å². The highest BCUT2D eigenvalue weighted by Crippen LogP contribution is 2.27. The lowest BCUT2D eigenvalue weighted by molar-refractivity contribution is -0.138. The number of amides is 1. The van der Waals surface area contributed by atoms with Gasteiger partial charge in [-0.2, -0.15) is 0 Å². The van der Waals surface area contributed by atoms with Gasteiger partial charge in [0.1, 0.15) is 5.82 Å². The highest BCUT2D eigenvalue weighted by atomic mass is 35.5. The number of hydrogen-bond donors (Lipinski definition) is 0. The number of piperazine rings is 1. The molecule has 138 valence electrons. The Labute approximate surface area is 159 Å². The Balaban J connectivity index is 1.60. The Morgan fingerprint density at radius 2 is 1.96 bits per heavy atom. The van der Waals surface area contributed by atoms with Gasteiger partial charge in [-0.1, -0.05) is 36.5 Å². The van der Waals surface area contributed by atoms with Crippen LogP contribution in [0.15, 0.2) is 12.3 Å². The molecule has 0 N–H and O–H groups in total. The molecule has 2 fully saturated rings. The lowest BCUT2D eigenvalue weighted by Gasteiger charge is -2.41. The molecule has 0 saturated carbocycles. The molecule has 5 nitrogen and oxygen atoms in total. The van der Waals surface area contributed by atoms with Crippen molar-refractivity contribution in [1.29, 1.82) is 0 Å². The molecule has 7 heteroatoms. The van der Waals surface area contributed by atoms with Gasteiger partial charge in [-0.15, -0.1) is 0 Å². The van der Waals surface area contributed by atoms with E-state index in [0.29, 0.717) is 16.0 Å². The molecule has 1 unspecified atom stereocenters. The molecule has 1 aromatic rings. The molecule has 3 heterocycles. The van der Waals surface area contributed by atoms with Crippen LogP contribution in [0, 0.1) is 0 Å². The third-order valence-electron chi connectivity index (χ3n) is 5.09. The molecule has 1 amide bonds. The standard InChI is InChI=1S/C18H26Cl2N4O/c1-2-6-22-7-4-3-5-16(22)18(25)24-10-8-23(9-11-24)17-15(20)12-14(19)13-21-17/h12-13,16H,2-11H2,1H3. The number of rotatable bonds is 4. The number of hydrogen-bond acceptors (Lipinski definition) is 4. The van der Waals surface area contributed by atoms with Crippen LogP contribution in [0.1, 0.15) is 32.6 Å². The Kier molecular flexibility index (Phi) is 6.42. The summed E-state index contributed by atoms with van der Waals surface area (Å²) in [5.74, 6) is 1.05. The molecule has 0 aliphatic carbocycles. The first kappa shape index (κ1) is 18.7. The number of aromatic nitrogens is 1. The van der Waals surface area contributed by atoms with Crippen molar-refractivity contribution in [1.82, 2.24) is 14.8 Å². The molecule has 0 aromatic carbocycles. The minimum absolute atomic E-state index is 0.0671. The van der Waals surface area contributed by atoms with Crippen molar-refractivity contribution < 1.29 is 4.79 Å². The fourth-order valence-corrected chi connectivity index (χ4v) is 4.31. The number of halogens is 2. The Morgan fingerprint density at radius 1 is 1.20 bits per heavy atom. The maximum absolute atomic E-state index is 13.0. The van der Waals surface area contributed by atoms with Gasteiger partial charge in [0.15, 0.2) is 0 Å². The van der Waals surface area contributed by atoms with Crippen LogP contribution in [0.5, 0.6) is 0 Å². The van der Waals surface area contributed by atoms with Crippen LogP contribution in [-0.2, 0) is 4.79 Å². The Bertz CT molecular complexity index is 603. The monoisotopic (exact) mass is 384 g/mol. The third-order valence-corrected chi connectivity index (χ3v) is 5.57. The van der Waals surface area contributed by atoms with E-state index < -0.39 is 0 Å². The van der Waals surface area contributed by atoms with Crippen molar-refractivity contribution in [2.75, 3.05) is 44.2 Å². The average molecular weight is 385 g/mol. The van der Waals surface area contributed by atoms with E-state index in [1.807, 2.05) is 4.90 Å². The third kappa shape index (κ3) is 4.39. The zero-order chi connectivity index (χ0) is 17.8. The lowest BCUT2D eigenvalue weighted by atomic mass is 10.00. The van der Waals surface area contributed by atoms with Crippen molar-refractivity contribution in [2.45, 2.75) is 38.6 Å². The first-order valence-electron chi connectivity index (χ1n) is 9.19. The molecule has 1 atom stereocenters. The van der Waals surface area contributed by atoms with E-state index in [1.54, 1.807) is 12.3 Å². The van der Waals surface area contributed by atoms with Crippen molar-refractivity contribution in [3.8, 4) is 0 Å². The summed E-state index contributed by atoms with van der Waals surface area (Å²) in [6, 6.07) is 1.78. The normalized spacial score (nSPS) is 22.3. The second-order valence-electron chi connectivity index (χ2n) is 6.82. The summed E-state index contributed by atoms with van der Waals surface area (Å²) in [5, 5.41) is 1.10. The predicted octanol–water partition coefficient (Wildman–Crippen LogP) is 3.30. The number of anilines is 1. The fourth-order valence-electron chi connectivity index (χ4n) is 3.81.